The van der Waals surface area contributed by atoms with Gasteiger partial charge in [0, 0.05) is 27.8 Å². The van der Waals surface area contributed by atoms with E-state index in [9.17, 15) is 4.79 Å². The van der Waals surface area contributed by atoms with Gasteiger partial charge in [-0.1, -0.05) is 33.6 Å². The first kappa shape index (κ1) is 22.4. The molecule has 0 saturated carbocycles. The Morgan fingerprint density at radius 2 is 2.00 bits per heavy atom. The van der Waals surface area contributed by atoms with Crippen molar-refractivity contribution in [1.29, 1.82) is 0 Å². The van der Waals surface area contributed by atoms with Gasteiger partial charge in [0.25, 0.3) is 5.91 Å². The monoisotopic (exact) mass is 489 g/mol. The summed E-state index contributed by atoms with van der Waals surface area (Å²) in [6, 6.07) is 11.2. The molecule has 2 aromatic rings. The molecule has 158 valence electrons. The number of nitrogens with one attached hydrogen (secondary N) is 1. The fraction of sp³-hybridized carbons (Fsp3) is 0.304. The molecule has 1 heterocycles. The summed E-state index contributed by atoms with van der Waals surface area (Å²) in [6.07, 6.45) is 3.82. The maximum absolute atomic E-state index is 12.0. The average Bonchev–Trinajstić information content (AvgIpc) is 2.68. The molecule has 0 atom stereocenters. The predicted octanol–water partition coefficient (Wildman–Crippen LogP) is 5.65. The lowest BCUT2D eigenvalue weighted by atomic mass is 9.88. The van der Waals surface area contributed by atoms with Crippen molar-refractivity contribution in [3.8, 4) is 5.75 Å². The van der Waals surface area contributed by atoms with Gasteiger partial charge in [0.15, 0.2) is 6.61 Å². The van der Waals surface area contributed by atoms with E-state index in [1.165, 1.54) is 5.57 Å². The Balaban J connectivity index is 1.68. The van der Waals surface area contributed by atoms with E-state index in [1.54, 1.807) is 18.3 Å². The molecule has 0 bridgehead atoms. The van der Waals surface area contributed by atoms with Crippen LogP contribution in [0.25, 0.3) is 5.57 Å². The number of hydrogen-bond acceptors (Lipinski definition) is 4. The first-order chi connectivity index (χ1) is 14.2. The fourth-order valence-corrected chi connectivity index (χ4v) is 4.15. The smallest absolute Gasteiger partial charge is 0.277 e. The van der Waals surface area contributed by atoms with Crippen LogP contribution < -0.4 is 15.1 Å². The normalized spacial score (nSPS) is 15.0. The highest BCUT2D eigenvalue weighted by Crippen LogP contribution is 2.40. The van der Waals surface area contributed by atoms with Gasteiger partial charge in [0.2, 0.25) is 0 Å². The molecule has 0 aliphatic carbocycles. The van der Waals surface area contributed by atoms with Crippen LogP contribution in [0, 0.1) is 0 Å². The Bertz CT molecular complexity index is 1000. The number of halogens is 2. The minimum atomic E-state index is -0.349. The summed E-state index contributed by atoms with van der Waals surface area (Å²) in [5.41, 5.74) is 6.56. The minimum absolute atomic E-state index is 0.0758. The van der Waals surface area contributed by atoms with Gasteiger partial charge in [-0.25, -0.2) is 5.43 Å². The van der Waals surface area contributed by atoms with E-state index >= 15 is 0 Å². The summed E-state index contributed by atoms with van der Waals surface area (Å²) in [7, 11) is 0. The summed E-state index contributed by atoms with van der Waals surface area (Å²) in [5, 5.41) is 4.63. The number of hydrogen-bond donors (Lipinski definition) is 1. The molecular formula is C23H25BrClN3O2. The Kier molecular flexibility index (Phi) is 6.88. The molecule has 0 saturated heterocycles. The van der Waals surface area contributed by atoms with Gasteiger partial charge in [0.1, 0.15) is 5.75 Å². The third-order valence-electron chi connectivity index (χ3n) is 4.99. The lowest BCUT2D eigenvalue weighted by molar-refractivity contribution is -0.123. The van der Waals surface area contributed by atoms with E-state index in [0.717, 1.165) is 27.8 Å². The molecule has 5 nitrogen and oxygen atoms in total. The van der Waals surface area contributed by atoms with Crippen LogP contribution in [0.4, 0.5) is 5.69 Å². The molecule has 0 radical (unpaired) electrons. The fourth-order valence-electron chi connectivity index (χ4n) is 3.68. The van der Waals surface area contributed by atoms with E-state index in [1.807, 2.05) is 24.3 Å². The summed E-state index contributed by atoms with van der Waals surface area (Å²) < 4.78 is 6.38. The summed E-state index contributed by atoms with van der Waals surface area (Å²) >= 11 is 9.87. The zero-order valence-electron chi connectivity index (χ0n) is 17.5. The standard InChI is InChI=1S/C23H25BrClN3O2/c1-5-28-21-11-20(25)16(10-19(21)15(2)12-23(28,3)4)13-26-27-22(29)14-30-18-8-6-17(24)7-9-18/h6-13H,5,14H2,1-4H3,(H,27,29)/b26-13-. The van der Waals surface area contributed by atoms with Crippen LogP contribution in [0.3, 0.4) is 0 Å². The van der Waals surface area contributed by atoms with Crippen LogP contribution in [0.5, 0.6) is 5.75 Å². The zero-order chi connectivity index (χ0) is 21.9. The number of likely N-dealkylation sites (N-methyl/N-ethyl adjacent to an activating group) is 1. The van der Waals surface area contributed by atoms with E-state index in [-0.39, 0.29) is 18.1 Å². The third kappa shape index (κ3) is 5.05. The summed E-state index contributed by atoms with van der Waals surface area (Å²) in [6.45, 7) is 9.37. The molecule has 1 N–H and O–H groups in total. The van der Waals surface area contributed by atoms with Crippen LogP contribution in [-0.4, -0.2) is 30.8 Å². The summed E-state index contributed by atoms with van der Waals surface area (Å²) in [5.74, 6) is 0.263. The van der Waals surface area contributed by atoms with E-state index in [4.69, 9.17) is 16.3 Å². The van der Waals surface area contributed by atoms with Gasteiger partial charge in [-0.15, -0.1) is 0 Å². The van der Waals surface area contributed by atoms with Crippen LogP contribution in [-0.2, 0) is 4.79 Å². The average molecular weight is 491 g/mol. The molecule has 0 spiro atoms. The highest BCUT2D eigenvalue weighted by molar-refractivity contribution is 9.10. The quantitative estimate of drug-likeness (QED) is 0.420. The largest absolute Gasteiger partial charge is 0.484 e. The number of nitrogens with zero attached hydrogens (tertiary/aromatic N) is 2. The molecule has 1 aliphatic heterocycles. The molecule has 1 aliphatic rings. The van der Waals surface area contributed by atoms with Crippen molar-refractivity contribution in [3.05, 3.63) is 63.1 Å². The van der Waals surface area contributed by atoms with E-state index < -0.39 is 0 Å². The third-order valence-corrected chi connectivity index (χ3v) is 5.84. The van der Waals surface area contributed by atoms with Crippen molar-refractivity contribution < 1.29 is 9.53 Å². The molecule has 30 heavy (non-hydrogen) atoms. The van der Waals surface area contributed by atoms with Crippen molar-refractivity contribution in [2.24, 2.45) is 5.10 Å². The number of carbonyl (C=O) groups excluding carboxylic acids is 1. The second-order valence-electron chi connectivity index (χ2n) is 7.65. The molecule has 0 unspecified atom stereocenters. The summed E-state index contributed by atoms with van der Waals surface area (Å²) in [4.78, 5) is 14.3. The highest BCUT2D eigenvalue weighted by atomic mass is 79.9. The highest BCUT2D eigenvalue weighted by Gasteiger charge is 2.30. The number of hydrazone groups is 1. The molecule has 7 heteroatoms. The van der Waals surface area contributed by atoms with E-state index in [2.05, 4.69) is 65.1 Å². The zero-order valence-corrected chi connectivity index (χ0v) is 19.8. The number of allylic oxidation sites excluding steroid dienone is 1. The number of benzene rings is 2. The second kappa shape index (κ2) is 9.23. The van der Waals surface area contributed by atoms with Crippen molar-refractivity contribution in [2.45, 2.75) is 33.2 Å². The topological polar surface area (TPSA) is 53.9 Å². The van der Waals surface area contributed by atoms with Crippen molar-refractivity contribution in [1.82, 2.24) is 5.43 Å². The number of anilines is 1. The Labute approximate surface area is 190 Å². The molecular weight excluding hydrogens is 466 g/mol. The molecule has 0 fully saturated rings. The lowest BCUT2D eigenvalue weighted by Crippen LogP contribution is -2.44. The number of ether oxygens (including phenoxy) is 1. The lowest BCUT2D eigenvalue weighted by Gasteiger charge is -2.43. The van der Waals surface area contributed by atoms with Crippen molar-refractivity contribution in [3.63, 3.8) is 0 Å². The van der Waals surface area contributed by atoms with Crippen LogP contribution in [0.1, 0.15) is 38.8 Å². The van der Waals surface area contributed by atoms with Crippen molar-refractivity contribution >= 4 is 50.9 Å². The van der Waals surface area contributed by atoms with Gasteiger partial charge < -0.3 is 9.64 Å². The molecule has 1 amide bonds. The van der Waals surface area contributed by atoms with Gasteiger partial charge >= 0.3 is 0 Å². The predicted molar refractivity (Wildman–Crippen MR) is 128 cm³/mol. The number of amides is 1. The number of carbonyl (C=O) groups is 1. The first-order valence-corrected chi connectivity index (χ1v) is 10.9. The minimum Gasteiger partial charge on any atom is -0.484 e. The van der Waals surface area contributed by atoms with Crippen LogP contribution in [0.2, 0.25) is 5.02 Å². The van der Waals surface area contributed by atoms with Gasteiger partial charge in [-0.05, 0) is 69.7 Å². The van der Waals surface area contributed by atoms with E-state index in [0.29, 0.717) is 10.8 Å². The Morgan fingerprint density at radius 1 is 1.30 bits per heavy atom. The molecule has 3 rings (SSSR count). The number of rotatable bonds is 6. The van der Waals surface area contributed by atoms with Crippen LogP contribution in [0.15, 0.2) is 52.0 Å². The Hall–Kier alpha value is -2.31. The molecule has 0 aromatic heterocycles. The second-order valence-corrected chi connectivity index (χ2v) is 8.97. The SMILES string of the molecule is CCN1c2cc(Cl)c(/C=N\NC(=O)COc3ccc(Br)cc3)cc2C(C)=CC1(C)C. The first-order valence-electron chi connectivity index (χ1n) is 9.72. The molecule has 2 aromatic carbocycles. The van der Waals surface area contributed by atoms with Gasteiger partial charge in [0.05, 0.1) is 16.8 Å². The number of fused-ring (bicyclic) bond motifs is 1. The maximum atomic E-state index is 12.0. The maximum Gasteiger partial charge on any atom is 0.277 e. The van der Waals surface area contributed by atoms with Crippen molar-refractivity contribution in [2.75, 3.05) is 18.1 Å². The van der Waals surface area contributed by atoms with Gasteiger partial charge in [-0.2, -0.15) is 5.10 Å². The Morgan fingerprint density at radius 3 is 2.67 bits per heavy atom. The van der Waals surface area contributed by atoms with Gasteiger partial charge in [-0.3, -0.25) is 4.79 Å². The van der Waals surface area contributed by atoms with Crippen LogP contribution >= 0.6 is 27.5 Å².